The maximum Gasteiger partial charge on any atom is 0.230 e. The number of rotatable bonds is 6. The van der Waals surface area contributed by atoms with Crippen molar-refractivity contribution in [2.24, 2.45) is 0 Å². The lowest BCUT2D eigenvalue weighted by Gasteiger charge is -2.36. The molecule has 23 heavy (non-hydrogen) atoms. The van der Waals surface area contributed by atoms with E-state index in [4.69, 9.17) is 4.74 Å². The molecule has 1 fully saturated rings. The normalized spacial score (nSPS) is 16.9. The van der Waals surface area contributed by atoms with Crippen LogP contribution in [-0.4, -0.2) is 30.2 Å². The summed E-state index contributed by atoms with van der Waals surface area (Å²) >= 11 is 0. The van der Waals surface area contributed by atoms with Crippen LogP contribution in [-0.2, 0) is 21.5 Å². The van der Waals surface area contributed by atoms with Crippen molar-refractivity contribution >= 4 is 5.91 Å². The molecule has 0 atom stereocenters. The quantitative estimate of drug-likeness (QED) is 0.834. The highest BCUT2D eigenvalue weighted by molar-refractivity contribution is 5.88. The first-order valence-electron chi connectivity index (χ1n) is 8.34. The van der Waals surface area contributed by atoms with Gasteiger partial charge < -0.3 is 14.6 Å². The molecule has 2 aromatic rings. The van der Waals surface area contributed by atoms with E-state index in [-0.39, 0.29) is 5.91 Å². The second-order valence-corrected chi connectivity index (χ2v) is 6.09. The Morgan fingerprint density at radius 2 is 1.78 bits per heavy atom. The van der Waals surface area contributed by atoms with Crippen molar-refractivity contribution in [1.29, 1.82) is 0 Å². The van der Waals surface area contributed by atoms with Gasteiger partial charge in [0.25, 0.3) is 0 Å². The Morgan fingerprint density at radius 3 is 2.48 bits per heavy atom. The van der Waals surface area contributed by atoms with E-state index in [9.17, 15) is 4.79 Å². The minimum absolute atomic E-state index is 0.138. The molecule has 2 heterocycles. The summed E-state index contributed by atoms with van der Waals surface area (Å²) in [7, 11) is 0. The summed E-state index contributed by atoms with van der Waals surface area (Å²) in [4.78, 5) is 12.9. The van der Waals surface area contributed by atoms with Gasteiger partial charge in [0, 0.05) is 38.7 Å². The number of carbonyl (C=O) groups is 1. The van der Waals surface area contributed by atoms with Crippen LogP contribution in [0.25, 0.3) is 0 Å². The monoisotopic (exact) mass is 312 g/mol. The summed E-state index contributed by atoms with van der Waals surface area (Å²) in [6.07, 6.45) is 6.53. The lowest BCUT2D eigenvalue weighted by Crippen LogP contribution is -2.48. The van der Waals surface area contributed by atoms with E-state index in [0.29, 0.717) is 19.8 Å². The molecular formula is C19H24N2O2. The Balaban J connectivity index is 1.61. The molecule has 1 saturated heterocycles. The first-order valence-corrected chi connectivity index (χ1v) is 8.34. The zero-order valence-electron chi connectivity index (χ0n) is 13.4. The molecule has 0 bridgehead atoms. The summed E-state index contributed by atoms with van der Waals surface area (Å²) in [5.41, 5.74) is 0.665. The Bertz CT molecular complexity index is 602. The number of aryl methyl sites for hydroxylation is 1. The zero-order chi connectivity index (χ0) is 16.0. The summed E-state index contributed by atoms with van der Waals surface area (Å²) in [6, 6.07) is 14.2. The predicted octanol–water partition coefficient (Wildman–Crippen LogP) is 2.74. The molecule has 0 unspecified atom stereocenters. The zero-order valence-corrected chi connectivity index (χ0v) is 13.4. The molecule has 1 aliphatic rings. The number of amides is 1. The summed E-state index contributed by atoms with van der Waals surface area (Å²) in [5, 5.41) is 3.15. The van der Waals surface area contributed by atoms with E-state index in [0.717, 1.165) is 31.4 Å². The molecule has 3 rings (SSSR count). The average molecular weight is 312 g/mol. The number of aromatic nitrogens is 1. The van der Waals surface area contributed by atoms with Gasteiger partial charge in [-0.2, -0.15) is 0 Å². The third kappa shape index (κ3) is 3.64. The van der Waals surface area contributed by atoms with Crippen molar-refractivity contribution in [3.05, 3.63) is 60.4 Å². The van der Waals surface area contributed by atoms with Gasteiger partial charge in [-0.05, 0) is 37.0 Å². The van der Waals surface area contributed by atoms with Crippen LogP contribution in [0.1, 0.15) is 24.8 Å². The molecule has 0 spiro atoms. The predicted molar refractivity (Wildman–Crippen MR) is 90.2 cm³/mol. The van der Waals surface area contributed by atoms with E-state index < -0.39 is 5.41 Å². The highest BCUT2D eigenvalue weighted by atomic mass is 16.5. The van der Waals surface area contributed by atoms with Gasteiger partial charge >= 0.3 is 0 Å². The van der Waals surface area contributed by atoms with Crippen LogP contribution in [0, 0.1) is 0 Å². The number of hydrogen-bond acceptors (Lipinski definition) is 2. The van der Waals surface area contributed by atoms with Gasteiger partial charge in [-0.3, -0.25) is 4.79 Å². The number of benzene rings is 1. The molecule has 4 nitrogen and oxygen atoms in total. The largest absolute Gasteiger partial charge is 0.381 e. The molecule has 4 heteroatoms. The fraction of sp³-hybridized carbons (Fsp3) is 0.421. The third-order valence-corrected chi connectivity index (χ3v) is 4.65. The van der Waals surface area contributed by atoms with Crippen molar-refractivity contribution in [3.8, 4) is 0 Å². The van der Waals surface area contributed by atoms with E-state index in [1.165, 1.54) is 0 Å². The lowest BCUT2D eigenvalue weighted by atomic mass is 9.73. The summed E-state index contributed by atoms with van der Waals surface area (Å²) < 4.78 is 7.62. The van der Waals surface area contributed by atoms with Gasteiger partial charge in [0.1, 0.15) is 0 Å². The van der Waals surface area contributed by atoms with E-state index in [2.05, 4.69) is 22.0 Å². The molecule has 0 saturated carbocycles. The van der Waals surface area contributed by atoms with Crippen molar-refractivity contribution in [2.45, 2.75) is 31.2 Å². The molecule has 1 aliphatic heterocycles. The topological polar surface area (TPSA) is 43.3 Å². The first-order chi connectivity index (χ1) is 11.3. The summed E-state index contributed by atoms with van der Waals surface area (Å²) in [5.74, 6) is 0.138. The number of nitrogens with one attached hydrogen (secondary N) is 1. The third-order valence-electron chi connectivity index (χ3n) is 4.65. The maximum absolute atomic E-state index is 12.9. The molecule has 0 radical (unpaired) electrons. The van der Waals surface area contributed by atoms with Crippen LogP contribution in [0.3, 0.4) is 0 Å². The number of carbonyl (C=O) groups excluding carboxylic acids is 1. The van der Waals surface area contributed by atoms with Crippen molar-refractivity contribution < 1.29 is 9.53 Å². The molecule has 1 aromatic carbocycles. The van der Waals surface area contributed by atoms with Gasteiger partial charge in [0.2, 0.25) is 5.91 Å². The second kappa shape index (κ2) is 7.47. The molecule has 1 amide bonds. The molecule has 1 aromatic heterocycles. The van der Waals surface area contributed by atoms with Crippen molar-refractivity contribution in [3.63, 3.8) is 0 Å². The second-order valence-electron chi connectivity index (χ2n) is 6.09. The van der Waals surface area contributed by atoms with Gasteiger partial charge in [-0.15, -0.1) is 0 Å². The molecule has 1 N–H and O–H groups in total. The SMILES string of the molecule is O=C(NCCCn1cccc1)C1(c2ccccc2)CCOCC1. The standard InChI is InChI=1S/C19H24N2O2/c22-18(20-11-6-14-21-12-4-5-13-21)19(9-15-23-16-10-19)17-7-2-1-3-8-17/h1-5,7-8,12-13H,6,9-11,14-16H2,(H,20,22). The Kier molecular flexibility index (Phi) is 5.13. The lowest BCUT2D eigenvalue weighted by molar-refractivity contribution is -0.130. The first kappa shape index (κ1) is 15.8. The van der Waals surface area contributed by atoms with Crippen LogP contribution in [0.4, 0.5) is 0 Å². The smallest absolute Gasteiger partial charge is 0.230 e. The Labute approximate surface area is 137 Å². The van der Waals surface area contributed by atoms with Gasteiger partial charge in [0.15, 0.2) is 0 Å². The number of hydrogen-bond donors (Lipinski definition) is 1. The highest BCUT2D eigenvalue weighted by Gasteiger charge is 2.41. The summed E-state index contributed by atoms with van der Waals surface area (Å²) in [6.45, 7) is 2.92. The van der Waals surface area contributed by atoms with Crippen LogP contribution in [0.15, 0.2) is 54.9 Å². The molecule has 122 valence electrons. The van der Waals surface area contributed by atoms with Crippen molar-refractivity contribution in [1.82, 2.24) is 9.88 Å². The van der Waals surface area contributed by atoms with Gasteiger partial charge in [-0.1, -0.05) is 30.3 Å². The molecular weight excluding hydrogens is 288 g/mol. The minimum Gasteiger partial charge on any atom is -0.381 e. The maximum atomic E-state index is 12.9. The van der Waals surface area contributed by atoms with Crippen molar-refractivity contribution in [2.75, 3.05) is 19.8 Å². The molecule has 0 aliphatic carbocycles. The average Bonchev–Trinajstić information content (AvgIpc) is 3.13. The van der Waals surface area contributed by atoms with Crippen LogP contribution in [0.5, 0.6) is 0 Å². The van der Waals surface area contributed by atoms with Crippen LogP contribution in [0.2, 0.25) is 0 Å². The van der Waals surface area contributed by atoms with Gasteiger partial charge in [0.05, 0.1) is 5.41 Å². The Morgan fingerprint density at radius 1 is 1.09 bits per heavy atom. The fourth-order valence-corrected chi connectivity index (χ4v) is 3.28. The van der Waals surface area contributed by atoms with E-state index >= 15 is 0 Å². The minimum atomic E-state index is -0.438. The van der Waals surface area contributed by atoms with E-state index in [1.807, 2.05) is 42.7 Å². The van der Waals surface area contributed by atoms with Crippen LogP contribution < -0.4 is 5.32 Å². The number of ether oxygens (including phenoxy) is 1. The highest BCUT2D eigenvalue weighted by Crippen LogP contribution is 2.35. The fourth-order valence-electron chi connectivity index (χ4n) is 3.28. The Hall–Kier alpha value is -2.07. The van der Waals surface area contributed by atoms with Gasteiger partial charge in [-0.25, -0.2) is 0 Å². The van der Waals surface area contributed by atoms with E-state index in [1.54, 1.807) is 0 Å². The van der Waals surface area contributed by atoms with Crippen LogP contribution >= 0.6 is 0 Å². The number of nitrogens with zero attached hydrogens (tertiary/aromatic N) is 1.